The van der Waals surface area contributed by atoms with Crippen LogP contribution in [0.4, 0.5) is 22.7 Å². The third-order valence-corrected chi connectivity index (χ3v) is 13.1. The Morgan fingerprint density at radius 3 is 1.09 bits per heavy atom. The van der Waals surface area contributed by atoms with Gasteiger partial charge in [0.05, 0.1) is 0 Å². The summed E-state index contributed by atoms with van der Waals surface area (Å²) in [6.45, 7) is 11.1. The van der Waals surface area contributed by atoms with E-state index >= 15 is 0 Å². The van der Waals surface area contributed by atoms with Crippen molar-refractivity contribution in [2.75, 3.05) is 10.6 Å². The molecule has 0 unspecified atom stereocenters. The summed E-state index contributed by atoms with van der Waals surface area (Å²) in [5.41, 5.74) is 23.4. The molecule has 2 nitrogen and oxygen atoms in total. The van der Waals surface area contributed by atoms with Crippen molar-refractivity contribution in [3.8, 4) is 55.6 Å². The Kier molecular flexibility index (Phi) is 11.3. The SMILES string of the molecule is CCc1cc(Nc2ccc(-c3cc(C)c(-c4c(C)cc(-c5ccc(Nc6ccc(-c7ccc(C)cc7)c(CC)c6)cc5)c5ccccc45)c4ccccc34)cc2)ccc1-c1ccccc1. The van der Waals surface area contributed by atoms with Gasteiger partial charge in [-0.15, -0.1) is 0 Å². The lowest BCUT2D eigenvalue weighted by atomic mass is 9.83. The molecule has 0 amide bonds. The minimum Gasteiger partial charge on any atom is -0.356 e. The number of rotatable bonds is 11. The summed E-state index contributed by atoms with van der Waals surface area (Å²) < 4.78 is 0. The summed E-state index contributed by atoms with van der Waals surface area (Å²) in [6.07, 6.45) is 1.94. The number of benzene rings is 10. The topological polar surface area (TPSA) is 24.1 Å². The van der Waals surface area contributed by atoms with Gasteiger partial charge in [0.15, 0.2) is 0 Å². The number of fused-ring (bicyclic) bond motifs is 2. The van der Waals surface area contributed by atoms with E-state index in [2.05, 4.69) is 245 Å². The maximum atomic E-state index is 3.68. The fraction of sp³-hybridized carbons (Fsp3) is 0.111. The van der Waals surface area contributed by atoms with Gasteiger partial charge < -0.3 is 10.6 Å². The smallest absolute Gasteiger partial charge is 0.0387 e. The van der Waals surface area contributed by atoms with Crippen molar-refractivity contribution in [1.29, 1.82) is 0 Å². The summed E-state index contributed by atoms with van der Waals surface area (Å²) in [5.74, 6) is 0. The van der Waals surface area contributed by atoms with Crippen LogP contribution in [0.3, 0.4) is 0 Å². The Labute approximate surface area is 384 Å². The predicted octanol–water partition coefficient (Wildman–Crippen LogP) is 17.9. The van der Waals surface area contributed by atoms with Gasteiger partial charge in [0.2, 0.25) is 0 Å². The number of hydrogen-bond donors (Lipinski definition) is 2. The molecule has 0 radical (unpaired) electrons. The molecule has 2 N–H and O–H groups in total. The lowest BCUT2D eigenvalue weighted by molar-refractivity contribution is 1.14. The Balaban J connectivity index is 0.940. The van der Waals surface area contributed by atoms with Gasteiger partial charge in [-0.3, -0.25) is 0 Å². The molecular formula is C63H54N2. The van der Waals surface area contributed by atoms with Gasteiger partial charge >= 0.3 is 0 Å². The van der Waals surface area contributed by atoms with Gasteiger partial charge in [-0.2, -0.15) is 0 Å². The predicted molar refractivity (Wildman–Crippen MR) is 281 cm³/mol. The van der Waals surface area contributed by atoms with Crippen molar-refractivity contribution in [2.45, 2.75) is 47.5 Å². The van der Waals surface area contributed by atoms with Crippen molar-refractivity contribution < 1.29 is 0 Å². The first-order chi connectivity index (χ1) is 31.8. The summed E-state index contributed by atoms with van der Waals surface area (Å²) in [4.78, 5) is 0. The van der Waals surface area contributed by atoms with E-state index in [4.69, 9.17) is 0 Å². The number of nitrogens with one attached hydrogen (secondary N) is 2. The van der Waals surface area contributed by atoms with Crippen LogP contribution in [0.2, 0.25) is 0 Å². The molecule has 0 aromatic heterocycles. The minimum atomic E-state index is 0.970. The Morgan fingerprint density at radius 1 is 0.308 bits per heavy atom. The fourth-order valence-electron chi connectivity index (χ4n) is 9.81. The van der Waals surface area contributed by atoms with Crippen LogP contribution >= 0.6 is 0 Å². The Morgan fingerprint density at radius 2 is 0.662 bits per heavy atom. The highest BCUT2D eigenvalue weighted by Gasteiger charge is 2.19. The maximum absolute atomic E-state index is 3.68. The van der Waals surface area contributed by atoms with Crippen molar-refractivity contribution in [3.05, 3.63) is 228 Å². The van der Waals surface area contributed by atoms with E-state index < -0.39 is 0 Å². The lowest BCUT2D eigenvalue weighted by Crippen LogP contribution is -1.96. The van der Waals surface area contributed by atoms with Crippen molar-refractivity contribution in [3.63, 3.8) is 0 Å². The highest BCUT2D eigenvalue weighted by Crippen LogP contribution is 2.45. The van der Waals surface area contributed by atoms with Gasteiger partial charge in [0.25, 0.3) is 0 Å². The zero-order valence-electron chi connectivity index (χ0n) is 38.0. The van der Waals surface area contributed by atoms with Crippen LogP contribution in [0, 0.1) is 20.8 Å². The molecule has 0 fully saturated rings. The third-order valence-electron chi connectivity index (χ3n) is 13.1. The first-order valence-corrected chi connectivity index (χ1v) is 23.0. The molecule has 0 atom stereocenters. The summed E-state index contributed by atoms with van der Waals surface area (Å²) in [6, 6.07) is 73.4. The molecule has 10 aromatic rings. The monoisotopic (exact) mass is 838 g/mol. The van der Waals surface area contributed by atoms with Crippen LogP contribution in [0.5, 0.6) is 0 Å². The lowest BCUT2D eigenvalue weighted by Gasteiger charge is -2.21. The number of aryl methyl sites for hydroxylation is 5. The van der Waals surface area contributed by atoms with E-state index in [9.17, 15) is 0 Å². The summed E-state index contributed by atoms with van der Waals surface area (Å²) in [5, 5.41) is 12.4. The van der Waals surface area contributed by atoms with E-state index in [0.29, 0.717) is 0 Å². The molecular weight excluding hydrogens is 785 g/mol. The summed E-state index contributed by atoms with van der Waals surface area (Å²) >= 11 is 0. The fourth-order valence-corrected chi connectivity index (χ4v) is 9.81. The van der Waals surface area contributed by atoms with Gasteiger partial charge in [0.1, 0.15) is 0 Å². The second-order valence-electron chi connectivity index (χ2n) is 17.4. The van der Waals surface area contributed by atoms with Gasteiger partial charge in [-0.1, -0.05) is 171 Å². The van der Waals surface area contributed by atoms with E-state index in [0.717, 1.165) is 35.6 Å². The average molecular weight is 839 g/mol. The highest BCUT2D eigenvalue weighted by atomic mass is 14.9. The van der Waals surface area contributed by atoms with Crippen LogP contribution in [0.25, 0.3) is 77.2 Å². The van der Waals surface area contributed by atoms with Crippen LogP contribution in [0.15, 0.2) is 200 Å². The standard InChI is InChI=1S/C63H54N2/c1-6-44-39-52(33-35-54(44)46-15-9-8-10-16-46)64-50-29-25-48(26-30-50)60-37-42(4)62(58-19-13-11-17-56(58)60)63-43(5)38-61(57-18-12-14-20-59(57)63)49-27-31-51(32-28-49)65-53-34-36-55(45(7-2)40-53)47-23-21-41(3)22-24-47/h8-40,64-65H,6-7H2,1-5H3. The maximum Gasteiger partial charge on any atom is 0.0387 e. The van der Waals surface area contributed by atoms with Crippen molar-refractivity contribution in [1.82, 2.24) is 0 Å². The Hall–Kier alpha value is -7.68. The van der Waals surface area contributed by atoms with E-state index in [1.54, 1.807) is 0 Å². The van der Waals surface area contributed by atoms with Gasteiger partial charge in [0, 0.05) is 22.7 Å². The summed E-state index contributed by atoms with van der Waals surface area (Å²) in [7, 11) is 0. The first kappa shape index (κ1) is 41.3. The van der Waals surface area contributed by atoms with Crippen molar-refractivity contribution in [2.24, 2.45) is 0 Å². The molecule has 0 spiro atoms. The minimum absolute atomic E-state index is 0.970. The average Bonchev–Trinajstić information content (AvgIpc) is 3.35. The van der Waals surface area contributed by atoms with E-state index in [1.807, 2.05) is 0 Å². The highest BCUT2D eigenvalue weighted by molar-refractivity contribution is 6.14. The molecule has 0 aliphatic rings. The third kappa shape index (κ3) is 8.20. The Bertz CT molecular complexity index is 3320. The van der Waals surface area contributed by atoms with Crippen LogP contribution < -0.4 is 10.6 Å². The molecule has 0 saturated heterocycles. The molecule has 316 valence electrons. The molecule has 2 heteroatoms. The van der Waals surface area contributed by atoms with E-state index in [-0.39, 0.29) is 0 Å². The quantitative estimate of drug-likeness (QED) is 0.136. The first-order valence-electron chi connectivity index (χ1n) is 23.0. The molecule has 0 aliphatic carbocycles. The second-order valence-corrected chi connectivity index (χ2v) is 17.4. The molecule has 0 saturated carbocycles. The zero-order chi connectivity index (χ0) is 44.4. The molecule has 0 heterocycles. The normalized spacial score (nSPS) is 11.3. The van der Waals surface area contributed by atoms with Crippen LogP contribution in [-0.4, -0.2) is 0 Å². The number of hydrogen-bond acceptors (Lipinski definition) is 2. The van der Waals surface area contributed by atoms with Crippen LogP contribution in [0.1, 0.15) is 41.7 Å². The second kappa shape index (κ2) is 17.8. The van der Waals surface area contributed by atoms with E-state index in [1.165, 1.54) is 105 Å². The largest absolute Gasteiger partial charge is 0.356 e. The number of anilines is 4. The molecule has 0 aliphatic heterocycles. The molecule has 65 heavy (non-hydrogen) atoms. The van der Waals surface area contributed by atoms with Gasteiger partial charge in [-0.25, -0.2) is 0 Å². The molecule has 10 aromatic carbocycles. The van der Waals surface area contributed by atoms with Gasteiger partial charge in [-0.05, 0) is 182 Å². The van der Waals surface area contributed by atoms with Crippen molar-refractivity contribution >= 4 is 44.3 Å². The molecule has 0 bridgehead atoms. The van der Waals surface area contributed by atoms with Crippen LogP contribution in [-0.2, 0) is 12.8 Å². The zero-order valence-corrected chi connectivity index (χ0v) is 38.0. The molecule has 10 rings (SSSR count).